The summed E-state index contributed by atoms with van der Waals surface area (Å²) in [6.45, 7) is 9.65. The maximum absolute atomic E-state index is 13.6. The van der Waals surface area contributed by atoms with Gasteiger partial charge in [0.15, 0.2) is 0 Å². The molecule has 7 heteroatoms. The van der Waals surface area contributed by atoms with Crippen molar-refractivity contribution in [3.63, 3.8) is 0 Å². The number of nitrogens with one attached hydrogen (secondary N) is 2. The predicted octanol–water partition coefficient (Wildman–Crippen LogP) is 4.23. The molecule has 35 heavy (non-hydrogen) atoms. The number of likely N-dealkylation sites (N-methyl/N-ethyl adjacent to an activating group) is 1. The van der Waals surface area contributed by atoms with E-state index < -0.39 is 29.4 Å². The zero-order valence-corrected chi connectivity index (χ0v) is 21.5. The van der Waals surface area contributed by atoms with E-state index >= 15 is 0 Å². The number of halogens is 2. The molecule has 1 saturated heterocycles. The number of rotatable bonds is 8. The maximum atomic E-state index is 13.6. The molecule has 5 nitrogen and oxygen atoms in total. The Morgan fingerprint density at radius 1 is 1.17 bits per heavy atom. The monoisotopic (exact) mass is 487 g/mol. The Kier molecular flexibility index (Phi) is 8.67. The Morgan fingerprint density at radius 3 is 2.46 bits per heavy atom. The molecule has 0 aromatic heterocycles. The fourth-order valence-corrected chi connectivity index (χ4v) is 4.97. The van der Waals surface area contributed by atoms with Crippen LogP contribution in [0.15, 0.2) is 42.5 Å². The molecule has 3 N–H and O–H groups in total. The van der Waals surface area contributed by atoms with Gasteiger partial charge in [-0.2, -0.15) is 0 Å². The first-order chi connectivity index (χ1) is 16.4. The topological polar surface area (TPSA) is 64.6 Å². The van der Waals surface area contributed by atoms with E-state index in [4.69, 9.17) is 0 Å². The molecule has 0 aliphatic carbocycles. The molecule has 3 rings (SSSR count). The van der Waals surface area contributed by atoms with E-state index in [0.29, 0.717) is 5.56 Å². The molecular weight excluding hydrogens is 448 g/mol. The average Bonchev–Trinajstić information content (AvgIpc) is 2.75. The Morgan fingerprint density at radius 2 is 1.86 bits per heavy atom. The highest BCUT2D eigenvalue weighted by Crippen LogP contribution is 2.34. The minimum atomic E-state index is -0.958. The summed E-state index contributed by atoms with van der Waals surface area (Å²) >= 11 is 0. The number of aliphatic hydroxyl groups is 1. The minimum Gasteiger partial charge on any atom is -0.390 e. The normalized spacial score (nSPS) is 20.9. The molecule has 0 bridgehead atoms. The number of hydrogen-bond acceptors (Lipinski definition) is 4. The summed E-state index contributed by atoms with van der Waals surface area (Å²) in [5.74, 6) is -1.55. The van der Waals surface area contributed by atoms with Crippen molar-refractivity contribution in [2.75, 3.05) is 20.1 Å². The van der Waals surface area contributed by atoms with Crippen LogP contribution in [0.3, 0.4) is 0 Å². The molecule has 3 unspecified atom stereocenters. The molecule has 0 spiro atoms. The van der Waals surface area contributed by atoms with Crippen molar-refractivity contribution in [1.29, 1.82) is 0 Å². The summed E-state index contributed by atoms with van der Waals surface area (Å²) in [5, 5.41) is 17.6. The first kappa shape index (κ1) is 27.2. The van der Waals surface area contributed by atoms with Crippen molar-refractivity contribution < 1.29 is 18.7 Å². The van der Waals surface area contributed by atoms with Crippen molar-refractivity contribution in [3.05, 3.63) is 70.8 Å². The van der Waals surface area contributed by atoms with Gasteiger partial charge in [-0.3, -0.25) is 10.1 Å². The van der Waals surface area contributed by atoms with Gasteiger partial charge in [-0.15, -0.1) is 0 Å². The van der Waals surface area contributed by atoms with E-state index in [1.54, 1.807) is 0 Å². The predicted molar refractivity (Wildman–Crippen MR) is 135 cm³/mol. The van der Waals surface area contributed by atoms with Gasteiger partial charge in [-0.05, 0) is 73.5 Å². The summed E-state index contributed by atoms with van der Waals surface area (Å²) in [4.78, 5) is 14.3. The van der Waals surface area contributed by atoms with E-state index in [-0.39, 0.29) is 24.2 Å². The van der Waals surface area contributed by atoms with Crippen LogP contribution in [0.2, 0.25) is 0 Å². The number of carbonyl (C=O) groups excluding carboxylic acids is 1. The summed E-state index contributed by atoms with van der Waals surface area (Å²) in [6.07, 6.45) is 0.641. The molecule has 1 aliphatic rings. The molecule has 1 aliphatic heterocycles. The molecule has 1 fully saturated rings. The smallest absolute Gasteiger partial charge is 0.218 e. The van der Waals surface area contributed by atoms with Crippen molar-refractivity contribution >= 4 is 5.91 Å². The highest BCUT2D eigenvalue weighted by atomic mass is 19.1. The number of benzene rings is 2. The SMILES string of the molecule is CC(=O)NC(NC1(c2cccc(C(C)(C)C)c2)CCCN(C)C1)C(O)CCc1cc(F)cc(F)c1. The standard InChI is InChI=1S/C28H39F2N3O2/c1-19(34)31-26(25(35)11-10-20-14-23(29)17-24(30)15-20)32-28(12-7-13-33(5)18-28)22-9-6-8-21(16-22)27(2,3)4/h6,8-9,14-17,25-26,32,35H,7,10-13,18H2,1-5H3,(H,31,34). The van der Waals surface area contributed by atoms with Gasteiger partial charge in [0.25, 0.3) is 0 Å². The molecule has 0 saturated carbocycles. The van der Waals surface area contributed by atoms with Crippen LogP contribution in [0.5, 0.6) is 0 Å². The number of likely N-dealkylation sites (tertiary alicyclic amines) is 1. The highest BCUT2D eigenvalue weighted by molar-refractivity contribution is 5.73. The number of nitrogens with zero attached hydrogens (tertiary/aromatic N) is 1. The van der Waals surface area contributed by atoms with Gasteiger partial charge in [0.1, 0.15) is 17.8 Å². The molecular formula is C28H39F2N3O2. The molecule has 3 atom stereocenters. The van der Waals surface area contributed by atoms with E-state index in [1.807, 2.05) is 0 Å². The van der Waals surface area contributed by atoms with Gasteiger partial charge in [0.2, 0.25) is 5.91 Å². The van der Waals surface area contributed by atoms with Crippen LogP contribution in [-0.2, 0) is 22.2 Å². The van der Waals surface area contributed by atoms with Crippen LogP contribution in [0.25, 0.3) is 0 Å². The number of aryl methyl sites for hydroxylation is 1. The van der Waals surface area contributed by atoms with Crippen LogP contribution >= 0.6 is 0 Å². The second kappa shape index (κ2) is 11.1. The summed E-state index contributed by atoms with van der Waals surface area (Å²) in [6, 6.07) is 11.9. The van der Waals surface area contributed by atoms with Gasteiger partial charge < -0.3 is 15.3 Å². The lowest BCUT2D eigenvalue weighted by Gasteiger charge is -2.46. The second-order valence-electron chi connectivity index (χ2n) is 11.0. The molecule has 1 heterocycles. The van der Waals surface area contributed by atoms with Crippen LogP contribution in [0.1, 0.15) is 63.6 Å². The van der Waals surface area contributed by atoms with E-state index in [9.17, 15) is 18.7 Å². The van der Waals surface area contributed by atoms with E-state index in [2.05, 4.69) is 67.6 Å². The summed E-state index contributed by atoms with van der Waals surface area (Å²) in [5.41, 5.74) is 2.30. The lowest BCUT2D eigenvalue weighted by Crippen LogP contribution is -2.63. The van der Waals surface area contributed by atoms with Crippen molar-refractivity contribution in [2.45, 2.75) is 76.6 Å². The number of hydrogen-bond donors (Lipinski definition) is 3. The molecule has 2 aromatic rings. The number of amides is 1. The third kappa shape index (κ3) is 7.32. The van der Waals surface area contributed by atoms with Crippen LogP contribution in [-0.4, -0.2) is 48.3 Å². The van der Waals surface area contributed by atoms with Crippen LogP contribution < -0.4 is 10.6 Å². The lowest BCUT2D eigenvalue weighted by molar-refractivity contribution is -0.121. The highest BCUT2D eigenvalue weighted by Gasteiger charge is 2.40. The summed E-state index contributed by atoms with van der Waals surface area (Å²) < 4.78 is 27.2. The number of piperidine rings is 1. The molecule has 2 aromatic carbocycles. The Bertz CT molecular complexity index is 1000. The first-order valence-electron chi connectivity index (χ1n) is 12.4. The number of aliphatic hydroxyl groups excluding tert-OH is 1. The number of carbonyl (C=O) groups is 1. The third-order valence-electron chi connectivity index (χ3n) is 6.79. The van der Waals surface area contributed by atoms with Crippen molar-refractivity contribution in [3.8, 4) is 0 Å². The lowest BCUT2D eigenvalue weighted by atomic mass is 9.78. The molecule has 1 amide bonds. The third-order valence-corrected chi connectivity index (χ3v) is 6.79. The fraction of sp³-hybridized carbons (Fsp3) is 0.536. The maximum Gasteiger partial charge on any atom is 0.218 e. The van der Waals surface area contributed by atoms with Crippen molar-refractivity contribution in [1.82, 2.24) is 15.5 Å². The molecule has 192 valence electrons. The first-order valence-corrected chi connectivity index (χ1v) is 12.4. The van der Waals surface area contributed by atoms with Gasteiger partial charge in [0.05, 0.1) is 11.6 Å². The zero-order chi connectivity index (χ0) is 25.8. The Labute approximate surface area is 207 Å². The average molecular weight is 488 g/mol. The zero-order valence-electron chi connectivity index (χ0n) is 21.5. The van der Waals surface area contributed by atoms with Crippen LogP contribution in [0.4, 0.5) is 8.78 Å². The van der Waals surface area contributed by atoms with Gasteiger partial charge in [0, 0.05) is 19.5 Å². The summed E-state index contributed by atoms with van der Waals surface area (Å²) in [7, 11) is 2.07. The van der Waals surface area contributed by atoms with E-state index in [0.717, 1.165) is 37.6 Å². The van der Waals surface area contributed by atoms with Gasteiger partial charge in [-0.1, -0.05) is 45.0 Å². The quantitative estimate of drug-likeness (QED) is 0.488. The van der Waals surface area contributed by atoms with E-state index in [1.165, 1.54) is 24.6 Å². The molecule has 0 radical (unpaired) electrons. The fourth-order valence-electron chi connectivity index (χ4n) is 4.97. The van der Waals surface area contributed by atoms with Crippen molar-refractivity contribution in [2.24, 2.45) is 0 Å². The Balaban J connectivity index is 1.89. The van der Waals surface area contributed by atoms with Gasteiger partial charge >= 0.3 is 0 Å². The second-order valence-corrected chi connectivity index (χ2v) is 11.0. The largest absolute Gasteiger partial charge is 0.390 e. The van der Waals surface area contributed by atoms with Crippen LogP contribution in [0, 0.1) is 11.6 Å². The Hall–Kier alpha value is -2.35. The van der Waals surface area contributed by atoms with Gasteiger partial charge in [-0.25, -0.2) is 8.78 Å². The minimum absolute atomic E-state index is 0.0193.